The van der Waals surface area contributed by atoms with Crippen molar-refractivity contribution in [1.82, 2.24) is 0 Å². The lowest BCUT2D eigenvalue weighted by Crippen LogP contribution is -2.06. The monoisotopic (exact) mass is 294 g/mol. The second-order valence-corrected chi connectivity index (χ2v) is 6.16. The molecule has 0 spiro atoms. The third-order valence-corrected chi connectivity index (χ3v) is 4.59. The summed E-state index contributed by atoms with van der Waals surface area (Å²) >= 11 is 0. The van der Waals surface area contributed by atoms with Crippen molar-refractivity contribution >= 4 is 5.78 Å². The summed E-state index contributed by atoms with van der Waals surface area (Å²) in [6, 6.07) is 18.5. The molecule has 0 radical (unpaired) electrons. The second kappa shape index (κ2) is 6.78. The highest BCUT2D eigenvalue weighted by atomic mass is 16.5. The minimum absolute atomic E-state index is 0.249. The van der Waals surface area contributed by atoms with Gasteiger partial charge >= 0.3 is 0 Å². The van der Waals surface area contributed by atoms with Gasteiger partial charge in [-0.15, -0.1) is 0 Å². The van der Waals surface area contributed by atoms with Crippen molar-refractivity contribution in [2.75, 3.05) is 0 Å². The van der Waals surface area contributed by atoms with E-state index in [-0.39, 0.29) is 5.92 Å². The van der Waals surface area contributed by atoms with E-state index in [1.54, 1.807) is 6.92 Å². The van der Waals surface area contributed by atoms with Crippen LogP contribution in [0, 0.1) is 5.92 Å². The zero-order valence-electron chi connectivity index (χ0n) is 13.0. The maximum absolute atomic E-state index is 11.5. The van der Waals surface area contributed by atoms with Crippen LogP contribution in [0.25, 0.3) is 0 Å². The van der Waals surface area contributed by atoms with Crippen molar-refractivity contribution in [2.45, 2.75) is 38.7 Å². The van der Waals surface area contributed by atoms with E-state index >= 15 is 0 Å². The lowest BCUT2D eigenvalue weighted by atomic mass is 9.95. The van der Waals surface area contributed by atoms with Gasteiger partial charge in [-0.2, -0.15) is 0 Å². The topological polar surface area (TPSA) is 26.3 Å². The van der Waals surface area contributed by atoms with Crippen LogP contribution in [0.15, 0.2) is 54.6 Å². The van der Waals surface area contributed by atoms with Crippen molar-refractivity contribution in [3.63, 3.8) is 0 Å². The molecule has 2 unspecified atom stereocenters. The first-order chi connectivity index (χ1) is 10.7. The van der Waals surface area contributed by atoms with Gasteiger partial charge in [0.1, 0.15) is 18.1 Å². The highest BCUT2D eigenvalue weighted by Crippen LogP contribution is 2.39. The Labute approximate surface area is 132 Å². The van der Waals surface area contributed by atoms with E-state index in [1.807, 2.05) is 24.3 Å². The summed E-state index contributed by atoms with van der Waals surface area (Å²) in [7, 11) is 0. The predicted octanol–water partition coefficient (Wildman–Crippen LogP) is 4.74. The van der Waals surface area contributed by atoms with E-state index in [9.17, 15) is 4.79 Å². The van der Waals surface area contributed by atoms with Gasteiger partial charge in [0.05, 0.1) is 0 Å². The van der Waals surface area contributed by atoms with Crippen molar-refractivity contribution in [2.24, 2.45) is 5.92 Å². The quantitative estimate of drug-likeness (QED) is 0.796. The number of rotatable bonds is 5. The average Bonchev–Trinajstić information content (AvgIpc) is 3.05. The van der Waals surface area contributed by atoms with Crippen LogP contribution in [0.3, 0.4) is 0 Å². The van der Waals surface area contributed by atoms with Crippen LogP contribution in [-0.2, 0) is 11.4 Å². The SMILES string of the molecule is CC(=O)C1CCC(c2cccc(OCc3ccccc3)c2)C1. The fourth-order valence-electron chi connectivity index (χ4n) is 3.25. The third-order valence-electron chi connectivity index (χ3n) is 4.59. The number of carbonyl (C=O) groups excluding carboxylic acids is 1. The number of benzene rings is 2. The molecule has 0 saturated heterocycles. The van der Waals surface area contributed by atoms with Gasteiger partial charge < -0.3 is 4.74 Å². The van der Waals surface area contributed by atoms with Crippen LogP contribution in [0.2, 0.25) is 0 Å². The molecule has 0 heterocycles. The van der Waals surface area contributed by atoms with E-state index in [2.05, 4.69) is 30.3 Å². The van der Waals surface area contributed by atoms with Crippen LogP contribution in [0.1, 0.15) is 43.2 Å². The van der Waals surface area contributed by atoms with Crippen LogP contribution in [-0.4, -0.2) is 5.78 Å². The molecule has 1 fully saturated rings. The zero-order chi connectivity index (χ0) is 15.4. The average molecular weight is 294 g/mol. The molecule has 0 N–H and O–H groups in total. The largest absolute Gasteiger partial charge is 0.489 e. The fraction of sp³-hybridized carbons (Fsp3) is 0.350. The highest BCUT2D eigenvalue weighted by molar-refractivity contribution is 5.78. The maximum atomic E-state index is 11.5. The zero-order valence-corrected chi connectivity index (χ0v) is 13.0. The first-order valence-electron chi connectivity index (χ1n) is 7.99. The Morgan fingerprint density at radius 1 is 1.09 bits per heavy atom. The molecule has 2 aromatic rings. The van der Waals surface area contributed by atoms with Gasteiger partial charge in [-0.05, 0) is 55.4 Å². The first-order valence-corrected chi connectivity index (χ1v) is 7.99. The van der Waals surface area contributed by atoms with Gasteiger partial charge in [-0.25, -0.2) is 0 Å². The Balaban J connectivity index is 1.64. The minimum atomic E-state index is 0.249. The number of Topliss-reactive ketones (excluding diaryl/α,β-unsaturated/α-hetero) is 1. The molecular weight excluding hydrogens is 272 g/mol. The molecule has 0 amide bonds. The van der Waals surface area contributed by atoms with E-state index in [1.165, 1.54) is 11.1 Å². The molecule has 0 aromatic heterocycles. The van der Waals surface area contributed by atoms with E-state index in [4.69, 9.17) is 4.74 Å². The highest BCUT2D eigenvalue weighted by Gasteiger charge is 2.28. The van der Waals surface area contributed by atoms with Gasteiger partial charge in [-0.1, -0.05) is 42.5 Å². The summed E-state index contributed by atoms with van der Waals surface area (Å²) in [5, 5.41) is 0. The smallest absolute Gasteiger partial charge is 0.132 e. The van der Waals surface area contributed by atoms with Crippen molar-refractivity contribution < 1.29 is 9.53 Å². The van der Waals surface area contributed by atoms with Crippen LogP contribution in [0.5, 0.6) is 5.75 Å². The molecule has 0 bridgehead atoms. The normalized spacial score (nSPS) is 20.8. The summed E-state index contributed by atoms with van der Waals surface area (Å²) in [6.45, 7) is 2.30. The van der Waals surface area contributed by atoms with Gasteiger partial charge in [0.2, 0.25) is 0 Å². The maximum Gasteiger partial charge on any atom is 0.132 e. The standard InChI is InChI=1S/C20H22O2/c1-15(21)17-10-11-19(12-17)18-8-5-9-20(13-18)22-14-16-6-3-2-4-7-16/h2-9,13,17,19H,10-12,14H2,1H3. The molecule has 1 aliphatic carbocycles. The minimum Gasteiger partial charge on any atom is -0.489 e. The molecule has 2 nitrogen and oxygen atoms in total. The third kappa shape index (κ3) is 3.56. The van der Waals surface area contributed by atoms with Crippen molar-refractivity contribution in [3.8, 4) is 5.75 Å². The van der Waals surface area contributed by atoms with Crippen molar-refractivity contribution in [3.05, 3.63) is 65.7 Å². The second-order valence-electron chi connectivity index (χ2n) is 6.16. The Hall–Kier alpha value is -2.09. The van der Waals surface area contributed by atoms with Crippen molar-refractivity contribution in [1.29, 1.82) is 0 Å². The summed E-state index contributed by atoms with van der Waals surface area (Å²) < 4.78 is 5.90. The molecule has 22 heavy (non-hydrogen) atoms. The van der Waals surface area contributed by atoms with E-state index < -0.39 is 0 Å². The molecule has 0 aliphatic heterocycles. The Bertz CT molecular complexity index is 633. The fourth-order valence-corrected chi connectivity index (χ4v) is 3.25. The molecular formula is C20H22O2. The number of hydrogen-bond acceptors (Lipinski definition) is 2. The van der Waals surface area contributed by atoms with Gasteiger partial charge in [0, 0.05) is 5.92 Å². The van der Waals surface area contributed by atoms with Crippen LogP contribution < -0.4 is 4.74 Å². The molecule has 2 heteroatoms. The predicted molar refractivity (Wildman–Crippen MR) is 88.0 cm³/mol. The molecule has 1 saturated carbocycles. The number of carbonyl (C=O) groups is 1. The number of ketones is 1. The lowest BCUT2D eigenvalue weighted by molar-refractivity contribution is -0.120. The van der Waals surface area contributed by atoms with E-state index in [0.29, 0.717) is 18.3 Å². The molecule has 2 atom stereocenters. The Kier molecular flexibility index (Phi) is 4.57. The number of hydrogen-bond donors (Lipinski definition) is 0. The van der Waals surface area contributed by atoms with Gasteiger partial charge in [0.25, 0.3) is 0 Å². The summed E-state index contributed by atoms with van der Waals surface area (Å²) in [5.41, 5.74) is 2.47. The van der Waals surface area contributed by atoms with Gasteiger partial charge in [0.15, 0.2) is 0 Å². The molecule has 3 rings (SSSR count). The Morgan fingerprint density at radius 2 is 1.91 bits per heavy atom. The van der Waals surface area contributed by atoms with Crippen LogP contribution in [0.4, 0.5) is 0 Å². The Morgan fingerprint density at radius 3 is 2.64 bits per heavy atom. The molecule has 114 valence electrons. The molecule has 2 aromatic carbocycles. The number of ether oxygens (including phenoxy) is 1. The van der Waals surface area contributed by atoms with Crippen LogP contribution >= 0.6 is 0 Å². The molecule has 1 aliphatic rings. The summed E-state index contributed by atoms with van der Waals surface area (Å²) in [4.78, 5) is 11.5. The summed E-state index contributed by atoms with van der Waals surface area (Å²) in [6.07, 6.45) is 3.11. The lowest BCUT2D eigenvalue weighted by Gasteiger charge is -2.13. The first kappa shape index (κ1) is 14.8. The van der Waals surface area contributed by atoms with Gasteiger partial charge in [-0.3, -0.25) is 4.79 Å². The van der Waals surface area contributed by atoms with E-state index in [0.717, 1.165) is 25.0 Å². The summed E-state index contributed by atoms with van der Waals surface area (Å²) in [5.74, 6) is 1.99.